The van der Waals surface area contributed by atoms with E-state index in [-0.39, 0.29) is 5.41 Å². The van der Waals surface area contributed by atoms with Gasteiger partial charge < -0.3 is 5.32 Å². The van der Waals surface area contributed by atoms with Crippen molar-refractivity contribution in [1.29, 1.82) is 0 Å². The Labute approximate surface area is 123 Å². The molecule has 0 bridgehead atoms. The molecule has 2 rings (SSSR count). The highest BCUT2D eigenvalue weighted by atomic mass is 32.2. The Bertz CT molecular complexity index is 397. The lowest BCUT2D eigenvalue weighted by molar-refractivity contribution is 0.263. The maximum absolute atomic E-state index is 12.3. The van der Waals surface area contributed by atoms with Crippen LogP contribution in [0, 0.1) is 11.3 Å². The first-order chi connectivity index (χ1) is 9.45. The highest BCUT2D eigenvalue weighted by Crippen LogP contribution is 2.36. The Kier molecular flexibility index (Phi) is 5.45. The number of nitrogens with one attached hydrogen (secondary N) is 2. The summed E-state index contributed by atoms with van der Waals surface area (Å²) in [6.45, 7) is 5.07. The largest absolute Gasteiger partial charge is 0.319 e. The number of nitrogens with zero attached hydrogens (tertiary/aromatic N) is 1. The molecule has 0 spiro atoms. The predicted octanol–water partition coefficient (Wildman–Crippen LogP) is 1.33. The van der Waals surface area contributed by atoms with Crippen LogP contribution in [0.2, 0.25) is 0 Å². The molecule has 5 nitrogen and oxygen atoms in total. The van der Waals surface area contributed by atoms with Gasteiger partial charge in [0.05, 0.1) is 0 Å². The minimum atomic E-state index is -3.28. The first kappa shape index (κ1) is 16.2. The van der Waals surface area contributed by atoms with Crippen LogP contribution in [0.5, 0.6) is 0 Å². The smallest absolute Gasteiger partial charge is 0.279 e. The molecule has 0 radical (unpaired) electrons. The maximum Gasteiger partial charge on any atom is 0.279 e. The zero-order valence-electron chi connectivity index (χ0n) is 12.8. The van der Waals surface area contributed by atoms with E-state index < -0.39 is 10.2 Å². The van der Waals surface area contributed by atoms with Crippen molar-refractivity contribution in [2.45, 2.75) is 45.4 Å². The van der Waals surface area contributed by atoms with Crippen LogP contribution in [0.15, 0.2) is 0 Å². The summed E-state index contributed by atoms with van der Waals surface area (Å²) >= 11 is 0. The quantitative estimate of drug-likeness (QED) is 0.778. The Morgan fingerprint density at radius 1 is 1.20 bits per heavy atom. The van der Waals surface area contributed by atoms with Crippen molar-refractivity contribution in [2.75, 3.05) is 33.2 Å². The van der Waals surface area contributed by atoms with Gasteiger partial charge in [-0.15, -0.1) is 0 Å². The fourth-order valence-electron chi connectivity index (χ4n) is 3.40. The average molecular weight is 303 g/mol. The molecular weight excluding hydrogens is 274 g/mol. The first-order valence-corrected chi connectivity index (χ1v) is 9.29. The van der Waals surface area contributed by atoms with Crippen molar-refractivity contribution < 1.29 is 8.42 Å². The van der Waals surface area contributed by atoms with Crippen LogP contribution < -0.4 is 10.0 Å². The zero-order valence-corrected chi connectivity index (χ0v) is 13.6. The van der Waals surface area contributed by atoms with E-state index in [1.165, 1.54) is 12.8 Å². The lowest BCUT2D eigenvalue weighted by Crippen LogP contribution is -2.48. The van der Waals surface area contributed by atoms with E-state index in [4.69, 9.17) is 0 Å². The molecular formula is C14H29N3O2S. The normalized spacial score (nSPS) is 25.1. The monoisotopic (exact) mass is 303 g/mol. The van der Waals surface area contributed by atoms with Gasteiger partial charge in [0.1, 0.15) is 0 Å². The van der Waals surface area contributed by atoms with Gasteiger partial charge in [-0.2, -0.15) is 12.7 Å². The van der Waals surface area contributed by atoms with Gasteiger partial charge in [-0.05, 0) is 50.6 Å². The second-order valence-electron chi connectivity index (χ2n) is 6.74. The molecule has 1 aliphatic heterocycles. The van der Waals surface area contributed by atoms with E-state index in [9.17, 15) is 8.42 Å². The molecule has 2 N–H and O–H groups in total. The molecule has 1 saturated carbocycles. The van der Waals surface area contributed by atoms with Gasteiger partial charge >= 0.3 is 0 Å². The van der Waals surface area contributed by atoms with Gasteiger partial charge in [0.25, 0.3) is 10.2 Å². The Hall–Kier alpha value is -0.170. The van der Waals surface area contributed by atoms with Crippen LogP contribution in [0.3, 0.4) is 0 Å². The lowest BCUT2D eigenvalue weighted by atomic mass is 9.89. The number of hydrogen-bond donors (Lipinski definition) is 2. The zero-order chi connectivity index (χ0) is 14.6. The third-order valence-corrected chi connectivity index (χ3v) is 6.45. The number of rotatable bonds is 6. The lowest BCUT2D eigenvalue weighted by Gasteiger charge is -2.32. The minimum absolute atomic E-state index is 0.164. The van der Waals surface area contributed by atoms with E-state index in [1.807, 2.05) is 7.05 Å². The summed E-state index contributed by atoms with van der Waals surface area (Å²) in [6, 6.07) is 0. The number of piperidine rings is 1. The maximum atomic E-state index is 12.3. The van der Waals surface area contributed by atoms with E-state index >= 15 is 0 Å². The first-order valence-electron chi connectivity index (χ1n) is 7.84. The van der Waals surface area contributed by atoms with Crippen LogP contribution in [-0.4, -0.2) is 45.9 Å². The SMILES string of the molecule is CNCC1CCN(S(=O)(=O)NCC2(C)CCCC2)CC1. The van der Waals surface area contributed by atoms with Gasteiger partial charge in [0.2, 0.25) is 0 Å². The topological polar surface area (TPSA) is 61.4 Å². The summed E-state index contributed by atoms with van der Waals surface area (Å²) in [7, 11) is -1.33. The molecule has 6 heteroatoms. The molecule has 1 saturated heterocycles. The molecule has 0 amide bonds. The van der Waals surface area contributed by atoms with Crippen LogP contribution in [0.25, 0.3) is 0 Å². The fraction of sp³-hybridized carbons (Fsp3) is 1.00. The fourth-order valence-corrected chi connectivity index (χ4v) is 4.81. The van der Waals surface area contributed by atoms with Crippen molar-refractivity contribution in [1.82, 2.24) is 14.3 Å². The summed E-state index contributed by atoms with van der Waals surface area (Å²) in [5.74, 6) is 0.610. The van der Waals surface area contributed by atoms with Crippen LogP contribution in [0.4, 0.5) is 0 Å². The molecule has 0 atom stereocenters. The molecule has 2 fully saturated rings. The molecule has 118 valence electrons. The highest BCUT2D eigenvalue weighted by Gasteiger charge is 2.32. The standard InChI is InChI=1S/C14H29N3O2S/c1-14(7-3-4-8-14)12-16-20(18,19)17-9-5-13(6-10-17)11-15-2/h13,15-16H,3-12H2,1-2H3. The summed E-state index contributed by atoms with van der Waals surface area (Å²) in [5.41, 5.74) is 0.164. The van der Waals surface area contributed by atoms with Crippen molar-refractivity contribution in [3.8, 4) is 0 Å². The second kappa shape index (κ2) is 6.73. The van der Waals surface area contributed by atoms with Crippen molar-refractivity contribution >= 4 is 10.2 Å². The summed E-state index contributed by atoms with van der Waals surface area (Å²) < 4.78 is 29.2. The Balaban J connectivity index is 1.82. The summed E-state index contributed by atoms with van der Waals surface area (Å²) in [4.78, 5) is 0. The molecule has 0 aromatic rings. The van der Waals surface area contributed by atoms with E-state index in [0.717, 1.165) is 32.2 Å². The number of hydrogen-bond acceptors (Lipinski definition) is 3. The van der Waals surface area contributed by atoms with Crippen molar-refractivity contribution in [3.63, 3.8) is 0 Å². The van der Waals surface area contributed by atoms with Crippen LogP contribution >= 0.6 is 0 Å². The molecule has 0 unspecified atom stereocenters. The van der Waals surface area contributed by atoms with Gasteiger partial charge in [-0.1, -0.05) is 19.8 Å². The summed E-state index contributed by atoms with van der Waals surface area (Å²) in [5, 5.41) is 3.17. The van der Waals surface area contributed by atoms with Gasteiger partial charge in [0, 0.05) is 19.6 Å². The molecule has 0 aromatic heterocycles. The van der Waals surface area contributed by atoms with Crippen LogP contribution in [-0.2, 0) is 10.2 Å². The third-order valence-electron chi connectivity index (χ3n) is 4.90. The van der Waals surface area contributed by atoms with Gasteiger partial charge in [-0.3, -0.25) is 0 Å². The summed E-state index contributed by atoms with van der Waals surface area (Å²) in [6.07, 6.45) is 6.65. The Morgan fingerprint density at radius 3 is 2.35 bits per heavy atom. The van der Waals surface area contributed by atoms with Crippen molar-refractivity contribution in [3.05, 3.63) is 0 Å². The van der Waals surface area contributed by atoms with Gasteiger partial charge in [0.15, 0.2) is 0 Å². The van der Waals surface area contributed by atoms with Gasteiger partial charge in [-0.25, -0.2) is 4.72 Å². The minimum Gasteiger partial charge on any atom is -0.319 e. The van der Waals surface area contributed by atoms with Crippen LogP contribution in [0.1, 0.15) is 45.4 Å². The van der Waals surface area contributed by atoms with E-state index in [2.05, 4.69) is 17.0 Å². The second-order valence-corrected chi connectivity index (χ2v) is 8.50. The third kappa shape index (κ3) is 4.16. The average Bonchev–Trinajstić information content (AvgIpc) is 2.85. The van der Waals surface area contributed by atoms with E-state index in [0.29, 0.717) is 25.6 Å². The molecule has 0 aromatic carbocycles. The molecule has 1 heterocycles. The predicted molar refractivity (Wildman–Crippen MR) is 81.7 cm³/mol. The molecule has 1 aliphatic carbocycles. The van der Waals surface area contributed by atoms with E-state index in [1.54, 1.807) is 4.31 Å². The highest BCUT2D eigenvalue weighted by molar-refractivity contribution is 7.87. The Morgan fingerprint density at radius 2 is 1.80 bits per heavy atom. The van der Waals surface area contributed by atoms with Crippen molar-refractivity contribution in [2.24, 2.45) is 11.3 Å². The molecule has 20 heavy (non-hydrogen) atoms. The molecule has 2 aliphatic rings.